The van der Waals surface area contributed by atoms with E-state index in [1.54, 1.807) is 0 Å². The van der Waals surface area contributed by atoms with Crippen LogP contribution >= 0.6 is 0 Å². The van der Waals surface area contributed by atoms with E-state index < -0.39 is 5.97 Å². The van der Waals surface area contributed by atoms with Gasteiger partial charge in [-0.15, -0.1) is 0 Å². The molecule has 3 N–H and O–H groups in total. The minimum absolute atomic E-state index is 0.0545. The molecule has 1 heterocycles. The Bertz CT molecular complexity index is 293. The number of hydrogen-bond donors (Lipinski definition) is 3. The van der Waals surface area contributed by atoms with Crippen LogP contribution in [0.5, 0.6) is 0 Å². The molecule has 2 amide bonds. The number of amides is 2. The van der Waals surface area contributed by atoms with E-state index in [9.17, 15) is 9.59 Å². The van der Waals surface area contributed by atoms with Crippen LogP contribution in [0.4, 0.5) is 4.79 Å². The highest BCUT2D eigenvalue weighted by atomic mass is 16.4. The molecule has 2 aliphatic rings. The third-order valence-corrected chi connectivity index (χ3v) is 3.59. The lowest BCUT2D eigenvalue weighted by molar-refractivity contribution is -0.137. The van der Waals surface area contributed by atoms with Gasteiger partial charge in [0.05, 0.1) is 12.1 Å². The van der Waals surface area contributed by atoms with Crippen molar-refractivity contribution in [1.29, 1.82) is 0 Å². The average molecular weight is 226 g/mol. The molecule has 1 aliphatic heterocycles. The van der Waals surface area contributed by atoms with Gasteiger partial charge in [-0.3, -0.25) is 4.79 Å². The molecule has 0 radical (unpaired) electrons. The van der Waals surface area contributed by atoms with Crippen molar-refractivity contribution >= 4 is 12.0 Å². The van der Waals surface area contributed by atoms with Gasteiger partial charge in [0.15, 0.2) is 0 Å². The maximum absolute atomic E-state index is 11.1. The molecule has 0 aromatic rings. The molecular weight excluding hydrogens is 208 g/mol. The van der Waals surface area contributed by atoms with E-state index in [4.69, 9.17) is 5.11 Å². The SMILES string of the molecule is O=C(O)CCC[C@@H]1CC[C@H]2NC(=O)N[C@H]2C1. The Morgan fingerprint density at radius 3 is 2.81 bits per heavy atom. The number of hydrogen-bond acceptors (Lipinski definition) is 2. The molecule has 1 aliphatic carbocycles. The molecule has 0 unspecified atom stereocenters. The summed E-state index contributed by atoms with van der Waals surface area (Å²) in [4.78, 5) is 21.5. The summed E-state index contributed by atoms with van der Waals surface area (Å²) in [7, 11) is 0. The maximum atomic E-state index is 11.1. The number of carboxylic acid groups (broad SMARTS) is 1. The van der Waals surface area contributed by atoms with E-state index in [1.165, 1.54) is 0 Å². The first-order valence-corrected chi connectivity index (χ1v) is 5.94. The number of fused-ring (bicyclic) bond motifs is 1. The van der Waals surface area contributed by atoms with E-state index >= 15 is 0 Å². The standard InChI is InChI=1S/C11H18N2O3/c14-10(15)3-1-2-7-4-5-8-9(6-7)13-11(16)12-8/h7-9H,1-6H2,(H,14,15)(H2,12,13,16)/t7-,8-,9+/m1/s1. The van der Waals surface area contributed by atoms with Crippen molar-refractivity contribution in [2.24, 2.45) is 5.92 Å². The van der Waals surface area contributed by atoms with Gasteiger partial charge in [0.2, 0.25) is 0 Å². The van der Waals surface area contributed by atoms with Gasteiger partial charge in [0, 0.05) is 6.42 Å². The monoisotopic (exact) mass is 226 g/mol. The predicted molar refractivity (Wildman–Crippen MR) is 58.1 cm³/mol. The summed E-state index contributed by atoms with van der Waals surface area (Å²) in [6, 6.07) is 0.500. The minimum Gasteiger partial charge on any atom is -0.481 e. The van der Waals surface area contributed by atoms with Crippen molar-refractivity contribution < 1.29 is 14.7 Å². The molecule has 1 saturated heterocycles. The Labute approximate surface area is 94.6 Å². The zero-order valence-corrected chi connectivity index (χ0v) is 9.24. The largest absolute Gasteiger partial charge is 0.481 e. The van der Waals surface area contributed by atoms with Crippen LogP contribution in [0.25, 0.3) is 0 Å². The van der Waals surface area contributed by atoms with Crippen LogP contribution in [0, 0.1) is 5.92 Å². The smallest absolute Gasteiger partial charge is 0.315 e. The molecule has 3 atom stereocenters. The molecule has 0 aromatic heterocycles. The van der Waals surface area contributed by atoms with Crippen molar-refractivity contribution in [1.82, 2.24) is 10.6 Å². The quantitative estimate of drug-likeness (QED) is 0.671. The van der Waals surface area contributed by atoms with Gasteiger partial charge in [-0.2, -0.15) is 0 Å². The summed E-state index contributed by atoms with van der Waals surface area (Å²) in [6.07, 6.45) is 5.08. The van der Waals surface area contributed by atoms with Crippen LogP contribution in [0.1, 0.15) is 38.5 Å². The van der Waals surface area contributed by atoms with Crippen molar-refractivity contribution in [3.05, 3.63) is 0 Å². The van der Waals surface area contributed by atoms with Gasteiger partial charge >= 0.3 is 12.0 Å². The number of nitrogens with one attached hydrogen (secondary N) is 2. The summed E-state index contributed by atoms with van der Waals surface area (Å²) in [6.45, 7) is 0. The van der Waals surface area contributed by atoms with Crippen LogP contribution < -0.4 is 10.6 Å². The number of urea groups is 1. The van der Waals surface area contributed by atoms with Crippen LogP contribution in [0.3, 0.4) is 0 Å². The second kappa shape index (κ2) is 4.72. The Balaban J connectivity index is 1.73. The fourth-order valence-electron chi connectivity index (χ4n) is 2.77. The van der Waals surface area contributed by atoms with Crippen molar-refractivity contribution in [3.63, 3.8) is 0 Å². The lowest BCUT2D eigenvalue weighted by atomic mass is 9.81. The summed E-state index contributed by atoms with van der Waals surface area (Å²) in [5.74, 6) is -0.148. The third-order valence-electron chi connectivity index (χ3n) is 3.59. The van der Waals surface area contributed by atoms with Gasteiger partial charge < -0.3 is 15.7 Å². The highest BCUT2D eigenvalue weighted by molar-refractivity contribution is 5.77. The fraction of sp³-hybridized carbons (Fsp3) is 0.818. The van der Waals surface area contributed by atoms with E-state index in [1.807, 2.05) is 0 Å². The lowest BCUT2D eigenvalue weighted by Gasteiger charge is -2.30. The van der Waals surface area contributed by atoms with Crippen molar-refractivity contribution in [2.45, 2.75) is 50.6 Å². The third kappa shape index (κ3) is 2.65. The molecule has 0 bridgehead atoms. The van der Waals surface area contributed by atoms with Gasteiger partial charge in [-0.05, 0) is 38.0 Å². The van der Waals surface area contributed by atoms with Crippen LogP contribution in [0.2, 0.25) is 0 Å². The van der Waals surface area contributed by atoms with E-state index in [0.29, 0.717) is 12.0 Å². The fourth-order valence-corrected chi connectivity index (χ4v) is 2.77. The molecule has 5 nitrogen and oxygen atoms in total. The Hall–Kier alpha value is -1.26. The average Bonchev–Trinajstić information content (AvgIpc) is 2.56. The topological polar surface area (TPSA) is 78.4 Å². The molecule has 2 rings (SSSR count). The second-order valence-electron chi connectivity index (χ2n) is 4.80. The summed E-state index contributed by atoms with van der Waals surface area (Å²) < 4.78 is 0. The number of rotatable bonds is 4. The van der Waals surface area contributed by atoms with Crippen LogP contribution in [-0.4, -0.2) is 29.2 Å². The Morgan fingerprint density at radius 1 is 1.31 bits per heavy atom. The van der Waals surface area contributed by atoms with Crippen LogP contribution in [-0.2, 0) is 4.79 Å². The molecule has 1 saturated carbocycles. The van der Waals surface area contributed by atoms with Crippen molar-refractivity contribution in [3.8, 4) is 0 Å². The zero-order chi connectivity index (χ0) is 11.5. The Kier molecular flexibility index (Phi) is 3.31. The molecule has 2 fully saturated rings. The summed E-state index contributed by atoms with van der Waals surface area (Å²) in [5.41, 5.74) is 0. The highest BCUT2D eigenvalue weighted by Gasteiger charge is 2.36. The Morgan fingerprint density at radius 2 is 2.06 bits per heavy atom. The zero-order valence-electron chi connectivity index (χ0n) is 9.24. The summed E-state index contributed by atoms with van der Waals surface area (Å²) >= 11 is 0. The van der Waals surface area contributed by atoms with Crippen LogP contribution in [0.15, 0.2) is 0 Å². The number of carboxylic acids is 1. The van der Waals surface area contributed by atoms with E-state index in [0.717, 1.165) is 32.1 Å². The van der Waals surface area contributed by atoms with E-state index in [-0.39, 0.29) is 18.5 Å². The van der Waals surface area contributed by atoms with Gasteiger partial charge in [-0.1, -0.05) is 0 Å². The van der Waals surface area contributed by atoms with Crippen molar-refractivity contribution in [2.75, 3.05) is 0 Å². The first-order valence-electron chi connectivity index (χ1n) is 5.94. The van der Waals surface area contributed by atoms with Gasteiger partial charge in [0.25, 0.3) is 0 Å². The molecule has 0 spiro atoms. The maximum Gasteiger partial charge on any atom is 0.315 e. The number of aliphatic carboxylic acids is 1. The number of carbonyl (C=O) groups is 2. The lowest BCUT2D eigenvalue weighted by Crippen LogP contribution is -2.39. The van der Waals surface area contributed by atoms with Gasteiger partial charge in [-0.25, -0.2) is 4.79 Å². The normalized spacial score (nSPS) is 32.8. The van der Waals surface area contributed by atoms with Gasteiger partial charge in [0.1, 0.15) is 0 Å². The molecular formula is C11H18N2O3. The molecule has 16 heavy (non-hydrogen) atoms. The molecule has 5 heteroatoms. The molecule has 0 aromatic carbocycles. The predicted octanol–water partition coefficient (Wildman–Crippen LogP) is 1.09. The second-order valence-corrected chi connectivity index (χ2v) is 4.80. The summed E-state index contributed by atoms with van der Waals surface area (Å²) in [5, 5.41) is 14.4. The minimum atomic E-state index is -0.718. The first-order chi connectivity index (χ1) is 7.65. The highest BCUT2D eigenvalue weighted by Crippen LogP contribution is 2.30. The number of carbonyl (C=O) groups excluding carboxylic acids is 1. The molecule has 90 valence electrons. The first kappa shape index (κ1) is 11.2. The van der Waals surface area contributed by atoms with E-state index in [2.05, 4.69) is 10.6 Å².